The average molecular weight is 384 g/mol. The van der Waals surface area contributed by atoms with Gasteiger partial charge >= 0.3 is 0 Å². The number of carbonyl (C=O) groups excluding carboxylic acids is 1. The first-order valence-corrected chi connectivity index (χ1v) is 9.17. The molecular weight excluding hydrogens is 356 g/mol. The van der Waals surface area contributed by atoms with Crippen molar-refractivity contribution in [3.63, 3.8) is 0 Å². The van der Waals surface area contributed by atoms with E-state index in [1.54, 1.807) is 14.2 Å². The molecule has 0 saturated carbocycles. The number of nitrogens with zero attached hydrogens (tertiary/aromatic N) is 1. The number of hydrogen-bond acceptors (Lipinski definition) is 4. The molecule has 0 fully saturated rings. The van der Waals surface area contributed by atoms with Crippen molar-refractivity contribution in [2.45, 2.75) is 19.6 Å². The fraction of sp³-hybridized carbons (Fsp3) is 0.333. The Morgan fingerprint density at radius 1 is 1.00 bits per heavy atom. The van der Waals surface area contributed by atoms with Crippen molar-refractivity contribution in [1.29, 1.82) is 0 Å². The third-order valence-corrected chi connectivity index (χ3v) is 3.93. The predicted octanol–water partition coefficient (Wildman–Crippen LogP) is 1.94. The molecule has 150 valence electrons. The van der Waals surface area contributed by atoms with E-state index in [0.29, 0.717) is 30.5 Å². The van der Waals surface area contributed by atoms with Crippen LogP contribution in [0.1, 0.15) is 12.5 Å². The molecule has 2 rings (SSSR count). The molecular formula is C21H28N4O3. The molecule has 7 heteroatoms. The minimum Gasteiger partial charge on any atom is -0.493 e. The van der Waals surface area contributed by atoms with E-state index in [2.05, 4.69) is 20.9 Å². The number of guanidine groups is 1. The molecule has 0 aliphatic carbocycles. The second-order valence-corrected chi connectivity index (χ2v) is 6.15. The van der Waals surface area contributed by atoms with Crippen molar-refractivity contribution in [3.8, 4) is 11.5 Å². The molecule has 28 heavy (non-hydrogen) atoms. The van der Waals surface area contributed by atoms with Crippen LogP contribution in [0.2, 0.25) is 0 Å². The van der Waals surface area contributed by atoms with Gasteiger partial charge in [-0.15, -0.1) is 0 Å². The number of nitrogens with one attached hydrogen (secondary N) is 3. The van der Waals surface area contributed by atoms with E-state index in [0.717, 1.165) is 5.56 Å². The van der Waals surface area contributed by atoms with Crippen LogP contribution in [0, 0.1) is 0 Å². The van der Waals surface area contributed by atoms with Crippen LogP contribution >= 0.6 is 0 Å². The average Bonchev–Trinajstić information content (AvgIpc) is 2.73. The number of para-hydroxylation sites is 2. The molecule has 2 aromatic carbocycles. The maximum absolute atomic E-state index is 12.0. The van der Waals surface area contributed by atoms with Crippen LogP contribution in [0.3, 0.4) is 0 Å². The fourth-order valence-corrected chi connectivity index (χ4v) is 2.46. The summed E-state index contributed by atoms with van der Waals surface area (Å²) in [7, 11) is 3.27. The molecule has 2 aromatic rings. The van der Waals surface area contributed by atoms with Gasteiger partial charge in [0.15, 0.2) is 17.5 Å². The third-order valence-electron chi connectivity index (χ3n) is 3.93. The summed E-state index contributed by atoms with van der Waals surface area (Å²) in [4.78, 5) is 16.1. The monoisotopic (exact) mass is 384 g/mol. The first kappa shape index (κ1) is 21.1. The molecule has 1 amide bonds. The van der Waals surface area contributed by atoms with Gasteiger partial charge in [-0.1, -0.05) is 42.5 Å². The topological polar surface area (TPSA) is 84.0 Å². The molecule has 0 aromatic heterocycles. The van der Waals surface area contributed by atoms with Gasteiger partial charge in [0.1, 0.15) is 6.10 Å². The minimum atomic E-state index is -0.123. The van der Waals surface area contributed by atoms with E-state index in [1.165, 1.54) is 0 Å². The zero-order valence-electron chi connectivity index (χ0n) is 16.6. The molecule has 3 N–H and O–H groups in total. The molecule has 0 saturated heterocycles. The van der Waals surface area contributed by atoms with E-state index in [9.17, 15) is 4.79 Å². The number of hydrogen-bond donors (Lipinski definition) is 3. The zero-order chi connectivity index (χ0) is 20.2. The maximum atomic E-state index is 12.0. The lowest BCUT2D eigenvalue weighted by Gasteiger charge is -2.19. The van der Waals surface area contributed by atoms with Gasteiger partial charge in [0.05, 0.1) is 20.2 Å². The molecule has 0 heterocycles. The van der Waals surface area contributed by atoms with E-state index in [1.807, 2.05) is 61.5 Å². The number of ether oxygens (including phenoxy) is 2. The van der Waals surface area contributed by atoms with Crippen LogP contribution in [0.4, 0.5) is 0 Å². The van der Waals surface area contributed by atoms with Gasteiger partial charge in [0.2, 0.25) is 5.91 Å². The largest absolute Gasteiger partial charge is 0.493 e. The summed E-state index contributed by atoms with van der Waals surface area (Å²) < 4.78 is 11.2. The highest BCUT2D eigenvalue weighted by atomic mass is 16.5. The van der Waals surface area contributed by atoms with Crippen LogP contribution in [0.25, 0.3) is 0 Å². The standard InChI is InChI=1S/C21H28N4O3/c1-16(28-19-12-8-7-11-18(19)27-3)13-24-21(22-2)25-15-20(26)23-14-17-9-5-4-6-10-17/h4-12,16H,13-15H2,1-3H3,(H,23,26)(H2,22,24,25). The second-order valence-electron chi connectivity index (χ2n) is 6.15. The molecule has 0 spiro atoms. The second kappa shape index (κ2) is 11.5. The summed E-state index contributed by atoms with van der Waals surface area (Å²) >= 11 is 0. The predicted molar refractivity (Wildman–Crippen MR) is 111 cm³/mol. The SMILES string of the molecule is CN=C(NCC(=O)NCc1ccccc1)NCC(C)Oc1ccccc1OC. The first-order chi connectivity index (χ1) is 13.6. The summed E-state index contributed by atoms with van der Waals surface area (Å²) in [5, 5.41) is 9.01. The molecule has 0 aliphatic heterocycles. The number of benzene rings is 2. The molecule has 7 nitrogen and oxygen atoms in total. The lowest BCUT2D eigenvalue weighted by atomic mass is 10.2. The Balaban J connectivity index is 1.71. The minimum absolute atomic E-state index is 0.106. The summed E-state index contributed by atoms with van der Waals surface area (Å²) in [5.74, 6) is 1.80. The zero-order valence-corrected chi connectivity index (χ0v) is 16.6. The number of amides is 1. The van der Waals surface area contributed by atoms with Gasteiger partial charge in [0, 0.05) is 13.6 Å². The van der Waals surface area contributed by atoms with Crippen LogP contribution in [-0.2, 0) is 11.3 Å². The number of methoxy groups -OCH3 is 1. The normalized spacial score (nSPS) is 12.0. The van der Waals surface area contributed by atoms with Crippen LogP contribution < -0.4 is 25.4 Å². The van der Waals surface area contributed by atoms with Gasteiger partial charge in [-0.25, -0.2) is 0 Å². The highest BCUT2D eigenvalue weighted by molar-refractivity contribution is 5.86. The summed E-state index contributed by atoms with van der Waals surface area (Å²) in [6.07, 6.45) is -0.123. The van der Waals surface area contributed by atoms with Crippen molar-refractivity contribution in [3.05, 3.63) is 60.2 Å². The third kappa shape index (κ3) is 7.19. The van der Waals surface area contributed by atoms with Gasteiger partial charge in [-0.3, -0.25) is 9.79 Å². The van der Waals surface area contributed by atoms with Gasteiger partial charge in [-0.2, -0.15) is 0 Å². The number of carbonyl (C=O) groups is 1. The van der Waals surface area contributed by atoms with E-state index < -0.39 is 0 Å². The lowest BCUT2D eigenvalue weighted by molar-refractivity contribution is -0.120. The highest BCUT2D eigenvalue weighted by Gasteiger charge is 2.10. The Hall–Kier alpha value is -3.22. The Morgan fingerprint density at radius 2 is 1.68 bits per heavy atom. The van der Waals surface area contributed by atoms with Gasteiger partial charge in [-0.05, 0) is 24.6 Å². The first-order valence-electron chi connectivity index (χ1n) is 9.17. The van der Waals surface area contributed by atoms with Crippen molar-refractivity contribution < 1.29 is 14.3 Å². The summed E-state index contributed by atoms with van der Waals surface area (Å²) in [5.41, 5.74) is 1.06. The van der Waals surface area contributed by atoms with Crippen molar-refractivity contribution in [1.82, 2.24) is 16.0 Å². The molecule has 0 bridgehead atoms. The smallest absolute Gasteiger partial charge is 0.239 e. The molecule has 0 radical (unpaired) electrons. The van der Waals surface area contributed by atoms with E-state index in [4.69, 9.17) is 9.47 Å². The Labute approximate surface area is 166 Å². The number of rotatable bonds is 9. The maximum Gasteiger partial charge on any atom is 0.239 e. The quantitative estimate of drug-likeness (QED) is 0.455. The van der Waals surface area contributed by atoms with E-state index in [-0.39, 0.29) is 18.6 Å². The van der Waals surface area contributed by atoms with Crippen LogP contribution in [-0.4, -0.2) is 45.2 Å². The van der Waals surface area contributed by atoms with Crippen LogP contribution in [0.5, 0.6) is 11.5 Å². The Morgan fingerprint density at radius 3 is 2.36 bits per heavy atom. The van der Waals surface area contributed by atoms with Crippen LogP contribution in [0.15, 0.2) is 59.6 Å². The Kier molecular flexibility index (Phi) is 8.65. The van der Waals surface area contributed by atoms with Crippen molar-refractivity contribution in [2.24, 2.45) is 4.99 Å². The highest BCUT2D eigenvalue weighted by Crippen LogP contribution is 2.26. The molecule has 0 aliphatic rings. The molecule has 1 unspecified atom stereocenters. The number of aliphatic imine (C=N–C) groups is 1. The van der Waals surface area contributed by atoms with Gasteiger partial charge in [0.25, 0.3) is 0 Å². The van der Waals surface area contributed by atoms with Gasteiger partial charge < -0.3 is 25.4 Å². The summed E-state index contributed by atoms with van der Waals surface area (Å²) in [6.45, 7) is 3.09. The van der Waals surface area contributed by atoms with Crippen molar-refractivity contribution in [2.75, 3.05) is 27.2 Å². The Bertz CT molecular complexity index is 765. The van der Waals surface area contributed by atoms with E-state index >= 15 is 0 Å². The lowest BCUT2D eigenvalue weighted by Crippen LogP contribution is -2.45. The summed E-state index contributed by atoms with van der Waals surface area (Å²) in [6, 6.07) is 17.3. The molecule has 1 atom stereocenters. The van der Waals surface area contributed by atoms with Crippen molar-refractivity contribution >= 4 is 11.9 Å². The fourth-order valence-electron chi connectivity index (χ4n) is 2.46.